The molecule has 0 spiro atoms. The fourth-order valence-electron chi connectivity index (χ4n) is 4.87. The Balaban J connectivity index is 0.000000257. The summed E-state index contributed by atoms with van der Waals surface area (Å²) in [5.41, 5.74) is 6.03. The van der Waals surface area contributed by atoms with Gasteiger partial charge in [0, 0.05) is 29.3 Å². The molecule has 6 aromatic rings. The third kappa shape index (κ3) is 12.1. The van der Waals surface area contributed by atoms with Gasteiger partial charge < -0.3 is 20.6 Å². The second kappa shape index (κ2) is 21.7. The minimum atomic E-state index is -1.27. The zero-order chi connectivity index (χ0) is 36.4. The van der Waals surface area contributed by atoms with Crippen molar-refractivity contribution in [1.82, 2.24) is 35.1 Å². The smallest absolute Gasteiger partial charge is 0.753 e. The summed E-state index contributed by atoms with van der Waals surface area (Å²) in [5, 5.41) is 27.8. The Morgan fingerprint density at radius 3 is 2.13 bits per heavy atom. The molecular formula is C38H33N9O2RuS2. The number of rotatable bonds is 11. The number of carboxylic acids is 1. The predicted molar refractivity (Wildman–Crippen MR) is 203 cm³/mol. The number of nitrogens with zero attached hydrogens (tertiary/aromatic N) is 9. The van der Waals surface area contributed by atoms with E-state index in [9.17, 15) is 4.79 Å². The van der Waals surface area contributed by atoms with Crippen LogP contribution < -0.4 is 5.10 Å². The molecule has 11 nitrogen and oxygen atoms in total. The Morgan fingerprint density at radius 2 is 1.60 bits per heavy atom. The fraction of sp³-hybridized carbons (Fsp3) is 0.184. The Labute approximate surface area is 324 Å². The topological polar surface area (TPSA) is 155 Å². The zero-order valence-corrected chi connectivity index (χ0v) is 31.7. The molecule has 0 unspecified atom stereocenters. The monoisotopic (exact) mass is 813 g/mol. The van der Waals surface area contributed by atoms with Gasteiger partial charge in [-0.3, -0.25) is 24.8 Å². The van der Waals surface area contributed by atoms with E-state index < -0.39 is 5.97 Å². The molecule has 0 amide bonds. The van der Waals surface area contributed by atoms with E-state index in [-0.39, 0.29) is 25.2 Å². The summed E-state index contributed by atoms with van der Waals surface area (Å²) >= 11 is 5.49. The van der Waals surface area contributed by atoms with Crippen LogP contribution in [-0.4, -0.2) is 46.3 Å². The first-order valence-corrected chi connectivity index (χ1v) is 17.2. The van der Waals surface area contributed by atoms with Crippen LogP contribution in [0.1, 0.15) is 49.6 Å². The van der Waals surface area contributed by atoms with Crippen molar-refractivity contribution in [1.29, 1.82) is 0 Å². The van der Waals surface area contributed by atoms with Crippen LogP contribution in [0.5, 0.6) is 0 Å². The van der Waals surface area contributed by atoms with Crippen molar-refractivity contribution < 1.29 is 29.4 Å². The number of hydrogen-bond donors (Lipinski definition) is 1. The van der Waals surface area contributed by atoms with Crippen LogP contribution in [0.2, 0.25) is 0 Å². The molecule has 262 valence electrons. The number of isothiocyanates is 1. The standard InChI is InChI=1S/C19H12N4O2.C18H21N4S.CNS.Ru/c1-20-18(19(24)25)12-13-10-16(14-6-2-4-8-21-14)23-17(11-13)15-7-3-5-9-22-15;1-3-4-5-6-7-14-9-11-23-17(14)15-8-10-19-16(12-15)18-20-13(2)21-22-18;2-1-3;/h2-12H,(H,24,25);8-12H,3-7H2,1-2H3;;/q;2*-1;+2/b18-12+;;;. The Kier molecular flexibility index (Phi) is 17.1. The Hall–Kier alpha value is -5.44. The molecule has 0 radical (unpaired) electrons. The van der Waals surface area contributed by atoms with E-state index in [0.717, 1.165) is 12.1 Å². The normalized spacial score (nSPS) is 10.3. The van der Waals surface area contributed by atoms with Crippen molar-refractivity contribution in [3.8, 4) is 44.7 Å². The molecule has 6 heterocycles. The summed E-state index contributed by atoms with van der Waals surface area (Å²) in [7, 11) is 0. The zero-order valence-electron chi connectivity index (χ0n) is 28.3. The van der Waals surface area contributed by atoms with Gasteiger partial charge in [0.05, 0.1) is 35.0 Å². The summed E-state index contributed by atoms with van der Waals surface area (Å²) in [6, 6.07) is 20.7. The molecular weight excluding hydrogens is 780 g/mol. The van der Waals surface area contributed by atoms with Crippen LogP contribution in [0.4, 0.5) is 0 Å². The molecule has 14 heteroatoms. The first-order valence-electron chi connectivity index (χ1n) is 15.9. The third-order valence-corrected chi connectivity index (χ3v) is 8.21. The van der Waals surface area contributed by atoms with E-state index >= 15 is 0 Å². The number of thiophene rings is 1. The number of unbranched alkanes of at least 4 members (excludes halogenated alkanes) is 3. The van der Waals surface area contributed by atoms with Gasteiger partial charge in [-0.2, -0.15) is 5.16 Å². The number of aromatic nitrogens is 7. The molecule has 0 atom stereocenters. The van der Waals surface area contributed by atoms with Gasteiger partial charge in [-0.15, -0.1) is 11.3 Å². The minimum Gasteiger partial charge on any atom is -0.753 e. The van der Waals surface area contributed by atoms with Gasteiger partial charge in [0.2, 0.25) is 0 Å². The van der Waals surface area contributed by atoms with Crippen LogP contribution in [-0.2, 0) is 30.7 Å². The summed E-state index contributed by atoms with van der Waals surface area (Å²) in [6.07, 6.45) is 12.8. The van der Waals surface area contributed by atoms with Crippen molar-refractivity contribution in [3.63, 3.8) is 0 Å². The maximum atomic E-state index is 11.1. The van der Waals surface area contributed by atoms with Gasteiger partial charge in [0.15, 0.2) is 0 Å². The Morgan fingerprint density at radius 1 is 0.942 bits per heavy atom. The molecule has 0 saturated heterocycles. The molecule has 0 saturated carbocycles. The molecule has 0 fully saturated rings. The first kappa shape index (κ1) is 41.0. The molecule has 52 heavy (non-hydrogen) atoms. The number of hydrogen-bond acceptors (Lipinski definition) is 9. The second-order valence-electron chi connectivity index (χ2n) is 10.8. The quantitative estimate of drug-likeness (QED) is 0.0335. The second-order valence-corrected chi connectivity index (χ2v) is 11.9. The summed E-state index contributed by atoms with van der Waals surface area (Å²) in [4.78, 5) is 37.3. The third-order valence-electron chi connectivity index (χ3n) is 7.20. The van der Waals surface area contributed by atoms with Gasteiger partial charge in [0.25, 0.3) is 5.70 Å². The van der Waals surface area contributed by atoms with Crippen molar-refractivity contribution in [2.24, 2.45) is 0 Å². The van der Waals surface area contributed by atoms with Crippen LogP contribution in [0, 0.1) is 13.5 Å². The minimum absolute atomic E-state index is 0. The van der Waals surface area contributed by atoms with Gasteiger partial charge in [-0.1, -0.05) is 50.5 Å². The molecule has 1 N–H and O–H groups in total. The van der Waals surface area contributed by atoms with Crippen molar-refractivity contribution in [2.45, 2.75) is 46.0 Å². The maximum absolute atomic E-state index is 11.1. The molecule has 6 aromatic heterocycles. The van der Waals surface area contributed by atoms with Crippen LogP contribution in [0.15, 0.2) is 96.4 Å². The number of aliphatic carboxylic acids is 1. The van der Waals surface area contributed by atoms with Crippen molar-refractivity contribution >= 4 is 40.8 Å². The van der Waals surface area contributed by atoms with Crippen molar-refractivity contribution in [2.75, 3.05) is 0 Å². The molecule has 6 rings (SSSR count). The number of thiocarbonyl (C=S) groups is 1. The average molecular weight is 813 g/mol. The van der Waals surface area contributed by atoms with E-state index in [1.54, 1.807) is 48.0 Å². The van der Waals surface area contributed by atoms with E-state index in [0.29, 0.717) is 40.0 Å². The molecule has 0 aliphatic heterocycles. The summed E-state index contributed by atoms with van der Waals surface area (Å²) < 4.78 is 0. The van der Waals surface area contributed by atoms with E-state index in [1.165, 1.54) is 52.9 Å². The number of carboxylic acid groups (broad SMARTS) is 1. The molecule has 0 aromatic carbocycles. The summed E-state index contributed by atoms with van der Waals surface area (Å²) in [6.45, 7) is 11.1. The molecule has 0 aliphatic carbocycles. The number of carbonyl (C=O) groups is 1. The van der Waals surface area contributed by atoms with E-state index in [1.807, 2.05) is 37.4 Å². The number of aryl methyl sites for hydroxylation is 2. The predicted octanol–water partition coefficient (Wildman–Crippen LogP) is 8.86. The largest absolute Gasteiger partial charge is 2.00 e. The van der Waals surface area contributed by atoms with Crippen LogP contribution >= 0.6 is 23.6 Å². The van der Waals surface area contributed by atoms with Gasteiger partial charge >= 0.3 is 25.4 Å². The van der Waals surface area contributed by atoms with Gasteiger partial charge in [-0.05, 0) is 108 Å². The average Bonchev–Trinajstić information content (AvgIpc) is 3.83. The van der Waals surface area contributed by atoms with Crippen LogP contribution in [0.3, 0.4) is 0 Å². The molecule has 0 aliphatic rings. The maximum Gasteiger partial charge on any atom is 2.00 e. The Bertz CT molecular complexity index is 2080. The van der Waals surface area contributed by atoms with Gasteiger partial charge in [-0.25, -0.2) is 9.83 Å². The van der Waals surface area contributed by atoms with Crippen molar-refractivity contribution in [3.05, 3.63) is 130 Å². The fourth-order valence-corrected chi connectivity index (χ4v) is 5.83. The van der Waals surface area contributed by atoms with E-state index in [4.69, 9.17) is 17.1 Å². The SMILES string of the molecule is CCCCCCc1ccsc1-c1ccnc(-c2nc(C)n[n-]2)c1.[C-]#[N+]/C(=C/c1cc(-c2ccccn2)nc(-c2ccccn2)c1)C(=O)O.[N-]=C=S.[Ru+2]. The number of pyridine rings is 4. The summed E-state index contributed by atoms with van der Waals surface area (Å²) in [5.74, 6) is 0.0101. The van der Waals surface area contributed by atoms with Crippen LogP contribution in [0.25, 0.3) is 61.1 Å². The van der Waals surface area contributed by atoms with E-state index in [2.05, 4.69) is 82.7 Å². The van der Waals surface area contributed by atoms with Gasteiger partial charge in [0.1, 0.15) is 0 Å². The molecule has 0 bridgehead atoms. The first-order chi connectivity index (χ1) is 24.9.